The van der Waals surface area contributed by atoms with Gasteiger partial charge < -0.3 is 20.7 Å². The maximum atomic E-state index is 13.7. The predicted octanol–water partition coefficient (Wildman–Crippen LogP) is 4.29. The van der Waals surface area contributed by atoms with Gasteiger partial charge in [-0.05, 0) is 94.3 Å². The first-order valence-corrected chi connectivity index (χ1v) is 15.7. The van der Waals surface area contributed by atoms with Crippen LogP contribution in [0.2, 0.25) is 0 Å². The third kappa shape index (κ3) is 5.91. The molecule has 4 bridgehead atoms. The Kier molecular flexibility index (Phi) is 8.01. The Bertz CT molecular complexity index is 1040. The van der Waals surface area contributed by atoms with E-state index in [2.05, 4.69) is 10.4 Å². The highest BCUT2D eigenvalue weighted by atomic mass is 16.5. The molecule has 2 amide bonds. The summed E-state index contributed by atoms with van der Waals surface area (Å²) in [6, 6.07) is 0.465. The fraction of sp³-hybridized carbons (Fsp3) is 0.774. The lowest BCUT2D eigenvalue weighted by molar-refractivity contribution is -0.128. The smallest absolute Gasteiger partial charge is 0.258 e. The van der Waals surface area contributed by atoms with Crippen molar-refractivity contribution >= 4 is 11.8 Å². The van der Waals surface area contributed by atoms with E-state index < -0.39 is 0 Å². The average Bonchev–Trinajstić information content (AvgIpc) is 3.35. The number of carbonyl (C=O) groups excluding carboxylic acids is 2. The number of hydrogen-bond donors (Lipinski definition) is 2. The monoisotopic (exact) mass is 537 g/mol. The average molecular weight is 538 g/mol. The van der Waals surface area contributed by atoms with Gasteiger partial charge in [-0.3, -0.25) is 9.59 Å². The lowest BCUT2D eigenvalue weighted by Gasteiger charge is -2.54. The molecule has 1 aromatic heterocycles. The van der Waals surface area contributed by atoms with E-state index in [-0.39, 0.29) is 23.9 Å². The molecule has 8 nitrogen and oxygen atoms in total. The Balaban J connectivity index is 1.16. The van der Waals surface area contributed by atoms with Crippen LogP contribution in [0, 0.1) is 29.6 Å². The maximum Gasteiger partial charge on any atom is 0.258 e. The highest BCUT2D eigenvalue weighted by Crippen LogP contribution is 2.53. The fourth-order valence-electron chi connectivity index (χ4n) is 8.42. The summed E-state index contributed by atoms with van der Waals surface area (Å²) in [5.74, 6) is 4.04. The van der Waals surface area contributed by atoms with Crippen LogP contribution in [0.25, 0.3) is 0 Å². The van der Waals surface area contributed by atoms with Crippen LogP contribution in [0.3, 0.4) is 0 Å². The summed E-state index contributed by atoms with van der Waals surface area (Å²) in [6.07, 6.45) is 17.9. The topological polar surface area (TPSA) is 102 Å². The molecule has 5 aliphatic carbocycles. The summed E-state index contributed by atoms with van der Waals surface area (Å²) >= 11 is 0. The quantitative estimate of drug-likeness (QED) is 0.482. The van der Waals surface area contributed by atoms with Gasteiger partial charge in [0, 0.05) is 30.7 Å². The number of nitrogens with zero attached hydrogens (tertiary/aromatic N) is 3. The second kappa shape index (κ2) is 11.6. The van der Waals surface area contributed by atoms with Gasteiger partial charge in [-0.1, -0.05) is 25.3 Å². The summed E-state index contributed by atoms with van der Waals surface area (Å²) in [5, 5.41) is 8.02. The molecule has 1 aromatic rings. The minimum atomic E-state index is -0.0567. The summed E-state index contributed by atoms with van der Waals surface area (Å²) in [6.45, 7) is 4.29. The molecule has 1 aliphatic heterocycles. The molecule has 0 spiro atoms. The lowest BCUT2D eigenvalue weighted by atomic mass is 9.54. The maximum absolute atomic E-state index is 13.7. The standard InChI is InChI=1S/C31H47N5O3/c1-20(30(38)35-10-8-26(32)9-11-35)7-12-36-31(39-19-21-5-3-2-4-6-21)27(18-33-36)29(37)34-28-24-14-22-13-23(16-24)17-25(28)15-22/h7,18,21-26,28H,2-6,8-17,19,32H2,1H3,(H,34,37). The molecule has 2 heterocycles. The van der Waals surface area contributed by atoms with Crippen LogP contribution in [-0.2, 0) is 11.3 Å². The zero-order valence-corrected chi connectivity index (χ0v) is 23.7. The molecule has 0 unspecified atom stereocenters. The van der Waals surface area contributed by atoms with Gasteiger partial charge in [-0.2, -0.15) is 5.10 Å². The van der Waals surface area contributed by atoms with Crippen LogP contribution in [0.5, 0.6) is 5.88 Å². The van der Waals surface area contributed by atoms with Crippen molar-refractivity contribution in [2.45, 2.75) is 103 Å². The molecule has 39 heavy (non-hydrogen) atoms. The summed E-state index contributed by atoms with van der Waals surface area (Å²) < 4.78 is 8.16. The van der Waals surface area contributed by atoms with Crippen LogP contribution in [0.15, 0.2) is 17.8 Å². The number of hydrogen-bond acceptors (Lipinski definition) is 5. The van der Waals surface area contributed by atoms with Crippen molar-refractivity contribution < 1.29 is 14.3 Å². The van der Waals surface area contributed by atoms with E-state index in [0.29, 0.717) is 61.0 Å². The van der Waals surface area contributed by atoms with E-state index in [1.54, 1.807) is 10.9 Å². The van der Waals surface area contributed by atoms with Crippen molar-refractivity contribution in [1.82, 2.24) is 20.0 Å². The van der Waals surface area contributed by atoms with E-state index in [9.17, 15) is 9.59 Å². The Morgan fingerprint density at radius 3 is 2.36 bits per heavy atom. The van der Waals surface area contributed by atoms with Gasteiger partial charge in [0.05, 0.1) is 19.3 Å². The molecule has 7 rings (SSSR count). The van der Waals surface area contributed by atoms with Crippen molar-refractivity contribution in [3.05, 3.63) is 23.4 Å². The number of nitrogens with one attached hydrogen (secondary N) is 1. The Labute approximate surface area is 233 Å². The molecule has 0 aromatic carbocycles. The molecule has 214 valence electrons. The zero-order valence-electron chi connectivity index (χ0n) is 23.7. The Morgan fingerprint density at radius 1 is 1.03 bits per heavy atom. The van der Waals surface area contributed by atoms with E-state index in [1.807, 2.05) is 17.9 Å². The highest BCUT2D eigenvalue weighted by molar-refractivity contribution is 5.96. The highest BCUT2D eigenvalue weighted by Gasteiger charge is 2.48. The van der Waals surface area contributed by atoms with Gasteiger partial charge in [0.25, 0.3) is 5.91 Å². The van der Waals surface area contributed by atoms with E-state index in [0.717, 1.165) is 24.7 Å². The molecule has 3 N–H and O–H groups in total. The first-order valence-electron chi connectivity index (χ1n) is 15.7. The van der Waals surface area contributed by atoms with Crippen LogP contribution in [-0.4, -0.2) is 58.3 Å². The van der Waals surface area contributed by atoms with Gasteiger partial charge in [0.1, 0.15) is 5.56 Å². The van der Waals surface area contributed by atoms with Crippen molar-refractivity contribution in [1.29, 1.82) is 0 Å². The first-order chi connectivity index (χ1) is 18.9. The molecule has 1 saturated heterocycles. The van der Waals surface area contributed by atoms with Crippen LogP contribution in [0.1, 0.15) is 94.3 Å². The number of rotatable bonds is 8. The third-order valence-corrected chi connectivity index (χ3v) is 10.5. The van der Waals surface area contributed by atoms with E-state index in [4.69, 9.17) is 10.5 Å². The summed E-state index contributed by atoms with van der Waals surface area (Å²) in [5.41, 5.74) is 7.24. The normalized spacial score (nSPS) is 31.5. The summed E-state index contributed by atoms with van der Waals surface area (Å²) in [4.78, 5) is 28.6. The van der Waals surface area contributed by atoms with Crippen molar-refractivity contribution in [3.8, 4) is 5.88 Å². The number of carbonyl (C=O) groups is 2. The van der Waals surface area contributed by atoms with Crippen LogP contribution in [0.4, 0.5) is 0 Å². The number of likely N-dealkylation sites (tertiary alicyclic amines) is 1. The number of piperidine rings is 1. The van der Waals surface area contributed by atoms with Gasteiger partial charge in [0.15, 0.2) is 0 Å². The molecular weight excluding hydrogens is 490 g/mol. The zero-order chi connectivity index (χ0) is 26.9. The third-order valence-electron chi connectivity index (χ3n) is 10.5. The van der Waals surface area contributed by atoms with Gasteiger partial charge in [-0.15, -0.1) is 0 Å². The molecule has 0 radical (unpaired) electrons. The molecule has 6 aliphatic rings. The molecule has 6 fully saturated rings. The second-order valence-corrected chi connectivity index (χ2v) is 13.3. The number of amides is 2. The number of nitrogens with two attached hydrogens (primary N) is 1. The van der Waals surface area contributed by atoms with Crippen molar-refractivity contribution in [2.24, 2.45) is 35.3 Å². The van der Waals surface area contributed by atoms with E-state index in [1.165, 1.54) is 64.2 Å². The minimum absolute atomic E-state index is 0.0542. The lowest BCUT2D eigenvalue weighted by Crippen LogP contribution is -2.55. The van der Waals surface area contributed by atoms with Gasteiger partial charge in [0.2, 0.25) is 11.8 Å². The first kappa shape index (κ1) is 26.9. The molecule has 8 heteroatoms. The van der Waals surface area contributed by atoms with Crippen molar-refractivity contribution in [3.63, 3.8) is 0 Å². The van der Waals surface area contributed by atoms with Gasteiger partial charge >= 0.3 is 0 Å². The Hall–Kier alpha value is -2.35. The number of ether oxygens (including phenoxy) is 1. The number of aromatic nitrogens is 2. The largest absolute Gasteiger partial charge is 0.477 e. The predicted molar refractivity (Wildman–Crippen MR) is 150 cm³/mol. The summed E-state index contributed by atoms with van der Waals surface area (Å²) in [7, 11) is 0. The minimum Gasteiger partial charge on any atom is -0.477 e. The second-order valence-electron chi connectivity index (χ2n) is 13.3. The molecular formula is C31H47N5O3. The van der Waals surface area contributed by atoms with Crippen LogP contribution >= 0.6 is 0 Å². The SMILES string of the molecule is CC(=CCn1ncc(C(=O)NC2C3CC4CC(C3)CC2C4)c1OCC1CCCCC1)C(=O)N1CCC(N)CC1. The van der Waals surface area contributed by atoms with E-state index >= 15 is 0 Å². The van der Waals surface area contributed by atoms with Crippen LogP contribution < -0.4 is 15.8 Å². The number of allylic oxidation sites excluding steroid dienone is 1. The fourth-order valence-corrected chi connectivity index (χ4v) is 8.42. The molecule has 0 atom stereocenters. The van der Waals surface area contributed by atoms with Gasteiger partial charge in [-0.25, -0.2) is 4.68 Å². The Morgan fingerprint density at radius 2 is 1.69 bits per heavy atom. The van der Waals surface area contributed by atoms with Crippen molar-refractivity contribution in [2.75, 3.05) is 19.7 Å². The molecule has 5 saturated carbocycles.